The van der Waals surface area contributed by atoms with E-state index in [4.69, 9.17) is 76.3 Å². The first kappa shape index (κ1) is 52.1. The van der Waals surface area contributed by atoms with Crippen LogP contribution in [0, 0.1) is 0 Å². The predicted octanol–water partition coefficient (Wildman–Crippen LogP) is 11.3. The average molecular weight is 1040 g/mol. The van der Waals surface area contributed by atoms with Crippen LogP contribution in [0.25, 0.3) is 78.7 Å². The summed E-state index contributed by atoms with van der Waals surface area (Å²) in [6.45, 7) is 0. The summed E-state index contributed by atoms with van der Waals surface area (Å²) in [5.74, 6) is 5.13. The number of hydrogen-bond acceptors (Lipinski definition) is 16. The Kier molecular flexibility index (Phi) is 15.1. The second kappa shape index (κ2) is 22.0. The van der Waals surface area contributed by atoms with Crippen molar-refractivity contribution >= 4 is 34.2 Å². The highest BCUT2D eigenvalue weighted by atomic mass is 16.6. The van der Waals surface area contributed by atoms with Crippen LogP contribution in [0.4, 0.5) is 0 Å². The largest absolute Gasteiger partial charge is 0.493 e. The van der Waals surface area contributed by atoms with Gasteiger partial charge in [-0.1, -0.05) is 0 Å². The lowest BCUT2D eigenvalue weighted by molar-refractivity contribution is -0.0325. The molecule has 0 amide bonds. The minimum absolute atomic E-state index is 0.410. The molecule has 0 unspecified atom stereocenters. The normalized spacial score (nSPS) is 13.7. The first-order chi connectivity index (χ1) is 37.0. The van der Waals surface area contributed by atoms with E-state index in [2.05, 4.69) is 9.97 Å². The lowest BCUT2D eigenvalue weighted by Crippen LogP contribution is -2.11. The summed E-state index contributed by atoms with van der Waals surface area (Å²) in [6, 6.07) is 23.0. The van der Waals surface area contributed by atoms with Crippen molar-refractivity contribution in [2.75, 3.05) is 99.5 Å². The number of hydrogen-bond donors (Lipinski definition) is 2. The summed E-state index contributed by atoms with van der Waals surface area (Å²) in [7, 11) is 22.1. The molecule has 4 aromatic carbocycles. The van der Waals surface area contributed by atoms with Crippen molar-refractivity contribution in [1.29, 1.82) is 0 Å². The molecule has 9 rings (SSSR count). The maximum Gasteiger partial charge on any atom is 0.203 e. The van der Waals surface area contributed by atoms with E-state index in [-0.39, 0.29) is 0 Å². The molecule has 0 saturated heterocycles. The van der Waals surface area contributed by atoms with Crippen molar-refractivity contribution in [3.8, 4) is 114 Å². The van der Waals surface area contributed by atoms with Crippen LogP contribution in [-0.4, -0.2) is 119 Å². The Morgan fingerprint density at radius 1 is 0.303 bits per heavy atom. The fourth-order valence-corrected chi connectivity index (χ4v) is 10.1. The third-order valence-corrected chi connectivity index (χ3v) is 13.5. The van der Waals surface area contributed by atoms with E-state index in [1.807, 2.05) is 84.9 Å². The van der Waals surface area contributed by atoms with Gasteiger partial charge in [0.1, 0.15) is 12.2 Å². The number of nitrogens with one attached hydrogen (secondary N) is 2. The highest BCUT2D eigenvalue weighted by molar-refractivity contribution is 5.99. The molecule has 0 spiro atoms. The van der Waals surface area contributed by atoms with Gasteiger partial charge in [-0.2, -0.15) is 0 Å². The zero-order chi connectivity index (χ0) is 53.9. The minimum Gasteiger partial charge on any atom is -0.493 e. The molecule has 3 aromatic heterocycles. The van der Waals surface area contributed by atoms with E-state index >= 15 is 0 Å². The lowest BCUT2D eigenvalue weighted by Gasteiger charge is -2.21. The van der Waals surface area contributed by atoms with E-state index in [1.165, 1.54) is 0 Å². The van der Waals surface area contributed by atoms with Crippen LogP contribution in [0.5, 0.6) is 69.0 Å². The lowest BCUT2D eigenvalue weighted by atomic mass is 9.96. The van der Waals surface area contributed by atoms with Crippen molar-refractivity contribution in [2.24, 2.45) is 0 Å². The van der Waals surface area contributed by atoms with Crippen molar-refractivity contribution < 1.29 is 66.3 Å². The standard InChI is InChI=1S/C58H60N4O14/c1-63-39-21-29(22-40(64-2)53(39)71-9)47-33-15-16-34(59-33)48(30-23-41(65-3)54(72-10)42(24-30)66-4)36-18-20-38(61-36)50(32-27-45(69-7)56(74-12)46(28-32)70-8)52-58(76-14)57(75-13)51(62-52)49(37-19-17-35(47)60-37)31-25-43(67-5)55(73-11)44(26-31)68-6/h15-28,57-58,60-61H,1-14H3/t57-,58+. The van der Waals surface area contributed by atoms with Gasteiger partial charge in [-0.3, -0.25) is 4.98 Å². The topological polar surface area (TPSA) is 187 Å². The number of ether oxygens (including phenoxy) is 14. The minimum atomic E-state index is -0.804. The number of methoxy groups -OCH3 is 14. The summed E-state index contributed by atoms with van der Waals surface area (Å²) in [6.07, 6.45) is 2.33. The summed E-state index contributed by atoms with van der Waals surface area (Å²) >= 11 is 0. The van der Waals surface area contributed by atoms with Crippen LogP contribution in [0.1, 0.15) is 35.0 Å². The van der Waals surface area contributed by atoms with Gasteiger partial charge < -0.3 is 76.3 Å². The molecule has 2 aliphatic rings. The van der Waals surface area contributed by atoms with Crippen LogP contribution in [-0.2, 0) is 9.47 Å². The van der Waals surface area contributed by atoms with E-state index < -0.39 is 12.2 Å². The Balaban J connectivity index is 1.57. The van der Waals surface area contributed by atoms with E-state index in [0.29, 0.717) is 158 Å². The van der Waals surface area contributed by atoms with Gasteiger partial charge >= 0.3 is 0 Å². The Morgan fingerprint density at radius 2 is 0.539 bits per heavy atom. The first-order valence-electron chi connectivity index (χ1n) is 23.8. The van der Waals surface area contributed by atoms with Crippen LogP contribution in [0.15, 0.2) is 72.8 Å². The number of fused-ring (bicyclic) bond motifs is 8. The molecule has 2 atom stereocenters. The molecule has 396 valence electrons. The quantitative estimate of drug-likeness (QED) is 0.0825. The number of nitrogens with zero attached hydrogens (tertiary/aromatic N) is 2. The van der Waals surface area contributed by atoms with Gasteiger partial charge in [0.25, 0.3) is 0 Å². The molecule has 7 aromatic rings. The van der Waals surface area contributed by atoms with Crippen LogP contribution in [0.3, 0.4) is 0 Å². The molecule has 5 heterocycles. The van der Waals surface area contributed by atoms with Gasteiger partial charge in [0.05, 0.1) is 108 Å². The first-order valence-corrected chi connectivity index (χ1v) is 23.8. The number of aromatic nitrogens is 4. The molecular formula is C58H60N4O14. The van der Waals surface area contributed by atoms with Crippen molar-refractivity contribution in [3.63, 3.8) is 0 Å². The van der Waals surface area contributed by atoms with Crippen molar-refractivity contribution in [3.05, 3.63) is 95.6 Å². The fourth-order valence-electron chi connectivity index (χ4n) is 10.1. The summed E-state index contributed by atoms with van der Waals surface area (Å²) in [5, 5.41) is 0. The Bertz CT molecular complexity index is 3220. The fraction of sp³-hybridized carbons (Fsp3) is 0.276. The molecule has 0 saturated carbocycles. The Hall–Kier alpha value is -8.74. The molecule has 0 radical (unpaired) electrons. The molecule has 18 nitrogen and oxygen atoms in total. The summed E-state index contributed by atoms with van der Waals surface area (Å²) < 4.78 is 83.8. The van der Waals surface area contributed by atoms with Gasteiger partial charge in [0.2, 0.25) is 23.0 Å². The van der Waals surface area contributed by atoms with Gasteiger partial charge in [-0.25, -0.2) is 4.98 Å². The molecule has 2 aliphatic heterocycles. The second-order valence-corrected chi connectivity index (χ2v) is 17.1. The molecule has 18 heteroatoms. The summed E-state index contributed by atoms with van der Waals surface area (Å²) in [4.78, 5) is 18.7. The van der Waals surface area contributed by atoms with Gasteiger partial charge in [-0.05, 0) is 107 Å². The molecule has 0 fully saturated rings. The zero-order valence-corrected chi connectivity index (χ0v) is 44.8. The Labute approximate surface area is 439 Å². The smallest absolute Gasteiger partial charge is 0.203 e. The van der Waals surface area contributed by atoms with Crippen LogP contribution >= 0.6 is 0 Å². The van der Waals surface area contributed by atoms with Gasteiger partial charge in [0.15, 0.2) is 46.0 Å². The SMILES string of the molecule is COc1cc(-c2c3nc(c(-c4cc(OC)c(OC)c(OC)c4)c4ccc([nH]4)c(-c4cc(OC)c(OC)c(OC)c4)c4nc(c(-c5cc(OC)c(OC)c(OC)c5)c5ccc2[nH]5)[C@@H](OC)[C@H]4OC)C=C3)cc(OC)c1OC. The summed E-state index contributed by atoms with van der Waals surface area (Å²) in [5.41, 5.74) is 10.3. The highest BCUT2D eigenvalue weighted by Gasteiger charge is 2.38. The molecule has 2 N–H and O–H groups in total. The number of benzene rings is 4. The highest BCUT2D eigenvalue weighted by Crippen LogP contribution is 2.52. The van der Waals surface area contributed by atoms with E-state index in [1.54, 1.807) is 99.5 Å². The maximum atomic E-state index is 6.51. The monoisotopic (exact) mass is 1040 g/mol. The third kappa shape index (κ3) is 8.87. The number of aromatic amines is 2. The van der Waals surface area contributed by atoms with Crippen molar-refractivity contribution in [2.45, 2.75) is 12.2 Å². The zero-order valence-electron chi connectivity index (χ0n) is 44.8. The van der Waals surface area contributed by atoms with E-state index in [9.17, 15) is 0 Å². The second-order valence-electron chi connectivity index (χ2n) is 17.1. The van der Waals surface area contributed by atoms with Gasteiger partial charge in [-0.15, -0.1) is 0 Å². The Morgan fingerprint density at radius 3 is 0.763 bits per heavy atom. The third-order valence-electron chi connectivity index (χ3n) is 13.5. The van der Waals surface area contributed by atoms with Crippen molar-refractivity contribution in [1.82, 2.24) is 19.9 Å². The molecule has 0 aliphatic carbocycles. The average Bonchev–Trinajstić information content (AvgIpc) is 4.35. The van der Waals surface area contributed by atoms with Crippen LogP contribution in [0.2, 0.25) is 0 Å². The molecule has 8 bridgehead atoms. The van der Waals surface area contributed by atoms with E-state index in [0.717, 1.165) is 0 Å². The predicted molar refractivity (Wildman–Crippen MR) is 290 cm³/mol. The van der Waals surface area contributed by atoms with Gasteiger partial charge in [0, 0.05) is 58.5 Å². The van der Waals surface area contributed by atoms with Crippen LogP contribution < -0.4 is 56.8 Å². The number of rotatable bonds is 18. The molecular weight excluding hydrogens is 977 g/mol. The molecule has 76 heavy (non-hydrogen) atoms. The number of H-pyrrole nitrogens is 2. The maximum absolute atomic E-state index is 6.51.